The number of halogens is 3. The molecule has 0 spiro atoms. The standard InChI is InChI=1S/C21H15F2IN2/c22-19-8-14(4-6-25-19)10-21(11-15-5-7-26-20(23)9-15)12-16-2-1-3-17(16)18(24)13-21/h1-9,12-13H,10-11H2. The van der Waals surface area contributed by atoms with Crippen molar-refractivity contribution in [3.63, 3.8) is 0 Å². The Morgan fingerprint density at radius 1 is 0.923 bits per heavy atom. The highest BCUT2D eigenvalue weighted by Gasteiger charge is 2.32. The van der Waals surface area contributed by atoms with Crippen molar-refractivity contribution in [1.82, 2.24) is 9.97 Å². The molecule has 0 unspecified atom stereocenters. The number of pyridine rings is 2. The van der Waals surface area contributed by atoms with Crippen LogP contribution in [0.3, 0.4) is 0 Å². The lowest BCUT2D eigenvalue weighted by Crippen LogP contribution is -2.25. The van der Waals surface area contributed by atoms with Gasteiger partial charge < -0.3 is 0 Å². The number of hydrogen-bond acceptors (Lipinski definition) is 2. The number of aromatic nitrogens is 2. The van der Waals surface area contributed by atoms with Crippen molar-refractivity contribution >= 4 is 22.6 Å². The van der Waals surface area contributed by atoms with Gasteiger partial charge in [0.25, 0.3) is 0 Å². The van der Waals surface area contributed by atoms with Crippen LogP contribution in [-0.4, -0.2) is 9.97 Å². The molecule has 0 amide bonds. The predicted octanol–water partition coefficient (Wildman–Crippen LogP) is 5.28. The minimum Gasteiger partial charge on any atom is -0.228 e. The zero-order valence-corrected chi connectivity index (χ0v) is 16.0. The fourth-order valence-corrected chi connectivity index (χ4v) is 4.70. The number of fused-ring (bicyclic) bond motifs is 1. The normalized spacial score (nSPS) is 17.4. The van der Waals surface area contributed by atoms with Gasteiger partial charge in [-0.2, -0.15) is 8.78 Å². The van der Waals surface area contributed by atoms with E-state index >= 15 is 0 Å². The second kappa shape index (κ2) is 6.87. The number of hydrogen-bond donors (Lipinski definition) is 0. The molecule has 0 aromatic carbocycles. The third kappa shape index (κ3) is 3.53. The summed E-state index contributed by atoms with van der Waals surface area (Å²) in [4.78, 5) is 7.28. The molecule has 2 aromatic heterocycles. The van der Waals surface area contributed by atoms with Gasteiger partial charge in [-0.1, -0.05) is 30.4 Å². The molecule has 0 saturated heterocycles. The Bertz CT molecular complexity index is 942. The van der Waals surface area contributed by atoms with Crippen LogP contribution in [0.1, 0.15) is 11.1 Å². The van der Waals surface area contributed by atoms with Gasteiger partial charge in [0.15, 0.2) is 0 Å². The van der Waals surface area contributed by atoms with Crippen LogP contribution >= 0.6 is 22.6 Å². The summed E-state index contributed by atoms with van der Waals surface area (Å²) < 4.78 is 28.3. The molecule has 2 aliphatic rings. The van der Waals surface area contributed by atoms with Crippen LogP contribution in [-0.2, 0) is 12.8 Å². The Morgan fingerprint density at radius 3 is 2.12 bits per heavy atom. The second-order valence-electron chi connectivity index (χ2n) is 6.59. The molecule has 0 saturated carbocycles. The van der Waals surface area contributed by atoms with Gasteiger partial charge in [-0.15, -0.1) is 0 Å². The summed E-state index contributed by atoms with van der Waals surface area (Å²) in [7, 11) is 0. The third-order valence-electron chi connectivity index (χ3n) is 4.61. The highest BCUT2D eigenvalue weighted by molar-refractivity contribution is 14.1. The quantitative estimate of drug-likeness (QED) is 0.459. The monoisotopic (exact) mass is 460 g/mol. The maximum absolute atomic E-state index is 13.6. The molecule has 0 N–H and O–H groups in total. The Kier molecular flexibility index (Phi) is 4.56. The smallest absolute Gasteiger partial charge is 0.213 e. The fraction of sp³-hybridized carbons (Fsp3) is 0.143. The topological polar surface area (TPSA) is 25.8 Å². The number of allylic oxidation sites excluding steroid dienone is 8. The van der Waals surface area contributed by atoms with Crippen molar-refractivity contribution < 1.29 is 8.78 Å². The molecular formula is C21H15F2IN2. The fourth-order valence-electron chi connectivity index (χ4n) is 3.59. The minimum atomic E-state index is -0.490. The summed E-state index contributed by atoms with van der Waals surface area (Å²) in [5.74, 6) is -0.979. The number of rotatable bonds is 4. The van der Waals surface area contributed by atoms with E-state index < -0.39 is 11.9 Å². The van der Waals surface area contributed by atoms with Crippen LogP contribution < -0.4 is 0 Å². The van der Waals surface area contributed by atoms with E-state index in [2.05, 4.69) is 56.9 Å². The molecule has 26 heavy (non-hydrogen) atoms. The molecule has 0 aliphatic heterocycles. The average molecular weight is 460 g/mol. The third-order valence-corrected chi connectivity index (χ3v) is 5.51. The van der Waals surface area contributed by atoms with Crippen LogP contribution in [0, 0.1) is 17.3 Å². The Hall–Kier alpha value is -2.15. The van der Waals surface area contributed by atoms with Gasteiger partial charge in [-0.05, 0) is 82.0 Å². The maximum Gasteiger partial charge on any atom is 0.213 e. The first-order valence-corrected chi connectivity index (χ1v) is 9.32. The molecule has 0 atom stereocenters. The molecular weight excluding hydrogens is 445 g/mol. The predicted molar refractivity (Wildman–Crippen MR) is 106 cm³/mol. The average Bonchev–Trinajstić information content (AvgIpc) is 3.03. The minimum absolute atomic E-state index is 0.376. The van der Waals surface area contributed by atoms with Gasteiger partial charge in [0.05, 0.1) is 0 Å². The Labute approximate surface area is 164 Å². The van der Waals surface area contributed by atoms with Crippen LogP contribution in [0.4, 0.5) is 8.78 Å². The van der Waals surface area contributed by atoms with Crippen LogP contribution in [0.15, 0.2) is 81.8 Å². The molecule has 4 rings (SSSR count). The first kappa shape index (κ1) is 17.3. The molecule has 2 nitrogen and oxygen atoms in total. The van der Waals surface area contributed by atoms with Gasteiger partial charge in [-0.3, -0.25) is 0 Å². The zero-order valence-electron chi connectivity index (χ0n) is 13.8. The zero-order chi connectivity index (χ0) is 18.1. The molecule has 0 bridgehead atoms. The van der Waals surface area contributed by atoms with E-state index in [0.717, 1.165) is 20.3 Å². The van der Waals surface area contributed by atoms with Gasteiger partial charge in [0, 0.05) is 21.4 Å². The maximum atomic E-state index is 13.6. The Morgan fingerprint density at radius 2 is 1.54 bits per heavy atom. The number of nitrogens with zero attached hydrogens (tertiary/aromatic N) is 2. The van der Waals surface area contributed by atoms with Crippen molar-refractivity contribution in [3.05, 3.63) is 105 Å². The van der Waals surface area contributed by atoms with Gasteiger partial charge in [-0.25, -0.2) is 9.97 Å². The van der Waals surface area contributed by atoms with E-state index in [1.165, 1.54) is 30.1 Å². The highest BCUT2D eigenvalue weighted by Crippen LogP contribution is 2.44. The largest absolute Gasteiger partial charge is 0.228 e. The van der Waals surface area contributed by atoms with E-state index in [9.17, 15) is 8.78 Å². The van der Waals surface area contributed by atoms with E-state index in [4.69, 9.17) is 0 Å². The van der Waals surface area contributed by atoms with E-state index in [0.29, 0.717) is 12.8 Å². The van der Waals surface area contributed by atoms with Crippen molar-refractivity contribution in [3.8, 4) is 0 Å². The van der Waals surface area contributed by atoms with Gasteiger partial charge >= 0.3 is 0 Å². The van der Waals surface area contributed by atoms with Crippen molar-refractivity contribution in [2.24, 2.45) is 5.41 Å². The summed E-state index contributed by atoms with van der Waals surface area (Å²) in [6.45, 7) is 0. The SMILES string of the molecule is Fc1cc(CC2(Cc3ccnc(F)c3)C=C(I)C3=CC=CC3=C2)ccn1. The van der Waals surface area contributed by atoms with Gasteiger partial charge in [0.2, 0.25) is 11.9 Å². The van der Waals surface area contributed by atoms with Crippen molar-refractivity contribution in [2.45, 2.75) is 12.8 Å². The first-order chi connectivity index (χ1) is 12.5. The highest BCUT2D eigenvalue weighted by atomic mass is 127. The summed E-state index contributed by atoms with van der Waals surface area (Å²) in [5.41, 5.74) is 3.70. The summed E-state index contributed by atoms with van der Waals surface area (Å²) >= 11 is 2.34. The van der Waals surface area contributed by atoms with Crippen molar-refractivity contribution in [1.29, 1.82) is 0 Å². The van der Waals surface area contributed by atoms with E-state index in [1.54, 1.807) is 0 Å². The molecule has 2 aromatic rings. The molecule has 130 valence electrons. The summed E-state index contributed by atoms with van der Waals surface area (Å²) in [6.07, 6.45) is 14.8. The lowest BCUT2D eigenvalue weighted by Gasteiger charge is -2.33. The molecule has 5 heteroatoms. The van der Waals surface area contributed by atoms with Crippen molar-refractivity contribution in [2.75, 3.05) is 0 Å². The Balaban J connectivity index is 1.78. The van der Waals surface area contributed by atoms with Gasteiger partial charge in [0.1, 0.15) is 0 Å². The van der Waals surface area contributed by atoms with Crippen LogP contribution in [0.5, 0.6) is 0 Å². The summed E-state index contributed by atoms with van der Waals surface area (Å²) in [6, 6.07) is 6.58. The van der Waals surface area contributed by atoms with E-state index in [-0.39, 0.29) is 5.41 Å². The van der Waals surface area contributed by atoms with Crippen LogP contribution in [0.25, 0.3) is 0 Å². The molecule has 0 fully saturated rings. The second-order valence-corrected chi connectivity index (χ2v) is 7.75. The first-order valence-electron chi connectivity index (χ1n) is 8.24. The molecule has 2 aliphatic carbocycles. The lowest BCUT2D eigenvalue weighted by molar-refractivity contribution is 0.473. The molecule has 0 radical (unpaired) electrons. The molecule has 2 heterocycles. The summed E-state index contributed by atoms with van der Waals surface area (Å²) in [5, 5.41) is 0. The van der Waals surface area contributed by atoms with Crippen LogP contribution in [0.2, 0.25) is 0 Å². The lowest BCUT2D eigenvalue weighted by atomic mass is 9.72. The van der Waals surface area contributed by atoms with E-state index in [1.807, 2.05) is 18.2 Å².